The molecule has 2 nitrogen and oxygen atoms in total. The zero-order valence-electron chi connectivity index (χ0n) is 10.0. The fraction of sp³-hybridized carbons (Fsp3) is 0.385. The largest absolute Gasteiger partial charge is 0.299 e. The van der Waals surface area contributed by atoms with Gasteiger partial charge in [-0.2, -0.15) is 0 Å². The summed E-state index contributed by atoms with van der Waals surface area (Å²) in [6.07, 6.45) is -0.0441. The minimum Gasteiger partial charge on any atom is -0.299 e. The van der Waals surface area contributed by atoms with E-state index in [1.54, 1.807) is 18.2 Å². The molecule has 1 aromatic rings. The van der Waals surface area contributed by atoms with Crippen LogP contribution in [-0.2, 0) is 4.79 Å². The third-order valence-corrected chi connectivity index (χ3v) is 4.28. The maximum Gasteiger partial charge on any atom is 0.170 e. The van der Waals surface area contributed by atoms with Crippen molar-refractivity contribution in [2.45, 2.75) is 27.2 Å². The Kier molecular flexibility index (Phi) is 4.67. The molecule has 1 rings (SSSR count). The lowest BCUT2D eigenvalue weighted by molar-refractivity contribution is -0.125. The number of Topliss-reactive ketones (excluding diaryl/α,β-unsaturated/α-hetero) is 2. The van der Waals surface area contributed by atoms with E-state index in [4.69, 9.17) is 0 Å². The van der Waals surface area contributed by atoms with Gasteiger partial charge in [0.2, 0.25) is 0 Å². The molecular weight excluding hydrogens is 348 g/mol. The number of rotatable bonds is 3. The lowest BCUT2D eigenvalue weighted by Gasteiger charge is -2.15. The highest BCUT2D eigenvalue weighted by Crippen LogP contribution is 2.25. The second kappa shape index (κ2) is 5.44. The van der Waals surface area contributed by atoms with Crippen LogP contribution in [0.5, 0.6) is 0 Å². The highest BCUT2D eigenvalue weighted by molar-refractivity contribution is 9.13. The van der Waals surface area contributed by atoms with E-state index in [-0.39, 0.29) is 18.0 Å². The molecule has 0 unspecified atom stereocenters. The number of carbonyl (C=O) groups is 2. The van der Waals surface area contributed by atoms with Crippen LogP contribution >= 0.6 is 31.9 Å². The monoisotopic (exact) mass is 360 g/mol. The van der Waals surface area contributed by atoms with E-state index in [0.717, 1.165) is 8.95 Å². The Morgan fingerprint density at radius 3 is 2.18 bits per heavy atom. The normalized spacial score (nSPS) is 11.4. The van der Waals surface area contributed by atoms with Crippen LogP contribution in [0.1, 0.15) is 37.6 Å². The molecule has 0 radical (unpaired) electrons. The molecule has 0 amide bonds. The zero-order valence-corrected chi connectivity index (χ0v) is 13.2. The quantitative estimate of drug-likeness (QED) is 0.590. The summed E-state index contributed by atoms with van der Waals surface area (Å²) in [6.45, 7) is 5.46. The van der Waals surface area contributed by atoms with Crippen LogP contribution in [0, 0.1) is 5.41 Å². The molecule has 0 atom stereocenters. The fourth-order valence-corrected chi connectivity index (χ4v) is 1.81. The van der Waals surface area contributed by atoms with E-state index in [9.17, 15) is 9.59 Å². The summed E-state index contributed by atoms with van der Waals surface area (Å²) in [5.41, 5.74) is 0.0834. The fourth-order valence-electron chi connectivity index (χ4n) is 1.18. The van der Waals surface area contributed by atoms with Gasteiger partial charge in [0, 0.05) is 19.9 Å². The maximum absolute atomic E-state index is 11.9. The number of ketones is 2. The van der Waals surface area contributed by atoms with Crippen molar-refractivity contribution in [1.82, 2.24) is 0 Å². The molecule has 0 fully saturated rings. The van der Waals surface area contributed by atoms with Gasteiger partial charge >= 0.3 is 0 Å². The highest BCUT2D eigenvalue weighted by atomic mass is 79.9. The Labute approximate surface area is 118 Å². The number of halogens is 2. The topological polar surface area (TPSA) is 34.1 Å². The number of benzene rings is 1. The first-order chi connectivity index (χ1) is 7.71. The van der Waals surface area contributed by atoms with Crippen LogP contribution in [-0.4, -0.2) is 11.6 Å². The summed E-state index contributed by atoms with van der Waals surface area (Å²) in [7, 11) is 0. The molecule has 0 aliphatic heterocycles. The van der Waals surface area contributed by atoms with Crippen molar-refractivity contribution in [3.05, 3.63) is 32.7 Å². The molecule has 0 heterocycles. The standard InChI is InChI=1S/C13H14Br2O2/c1-13(2,3)12(17)7-11(16)8-4-5-9(14)10(15)6-8/h4-6H,7H2,1-3H3. The molecule has 0 aliphatic carbocycles. The van der Waals surface area contributed by atoms with Gasteiger partial charge in [-0.3, -0.25) is 9.59 Å². The molecule has 0 bridgehead atoms. The highest BCUT2D eigenvalue weighted by Gasteiger charge is 2.24. The van der Waals surface area contributed by atoms with Crippen molar-refractivity contribution in [3.63, 3.8) is 0 Å². The van der Waals surface area contributed by atoms with Gasteiger partial charge in [0.15, 0.2) is 5.78 Å². The summed E-state index contributed by atoms with van der Waals surface area (Å²) in [4.78, 5) is 23.7. The van der Waals surface area contributed by atoms with E-state index < -0.39 is 5.41 Å². The van der Waals surface area contributed by atoms with Crippen LogP contribution in [0.3, 0.4) is 0 Å². The molecule has 0 saturated heterocycles. The van der Waals surface area contributed by atoms with Gasteiger partial charge < -0.3 is 0 Å². The Morgan fingerprint density at radius 1 is 1.12 bits per heavy atom. The van der Waals surface area contributed by atoms with Crippen LogP contribution in [0.4, 0.5) is 0 Å². The van der Waals surface area contributed by atoms with Crippen molar-refractivity contribution in [3.8, 4) is 0 Å². The third kappa shape index (κ3) is 4.03. The van der Waals surface area contributed by atoms with Crippen molar-refractivity contribution in [1.29, 1.82) is 0 Å². The van der Waals surface area contributed by atoms with Gasteiger partial charge in [-0.25, -0.2) is 0 Å². The van der Waals surface area contributed by atoms with E-state index in [1.807, 2.05) is 20.8 Å². The minimum atomic E-state index is -0.470. The summed E-state index contributed by atoms with van der Waals surface area (Å²) >= 11 is 6.67. The third-order valence-electron chi connectivity index (χ3n) is 2.40. The molecule has 0 N–H and O–H groups in total. The second-order valence-corrected chi connectivity index (χ2v) is 6.61. The summed E-state index contributed by atoms with van der Waals surface area (Å²) in [5.74, 6) is -0.181. The van der Waals surface area contributed by atoms with Crippen LogP contribution < -0.4 is 0 Å². The van der Waals surface area contributed by atoms with E-state index in [1.165, 1.54) is 0 Å². The van der Waals surface area contributed by atoms with Gasteiger partial charge in [-0.05, 0) is 44.0 Å². The van der Waals surface area contributed by atoms with E-state index in [0.29, 0.717) is 5.56 Å². The average Bonchev–Trinajstić information content (AvgIpc) is 2.20. The molecule has 0 spiro atoms. The molecule has 0 saturated carbocycles. The van der Waals surface area contributed by atoms with Crippen molar-refractivity contribution < 1.29 is 9.59 Å². The van der Waals surface area contributed by atoms with Crippen molar-refractivity contribution in [2.24, 2.45) is 5.41 Å². The average molecular weight is 362 g/mol. The van der Waals surface area contributed by atoms with Crippen LogP contribution in [0.2, 0.25) is 0 Å². The van der Waals surface area contributed by atoms with Crippen molar-refractivity contribution >= 4 is 43.4 Å². The van der Waals surface area contributed by atoms with Crippen LogP contribution in [0.15, 0.2) is 27.1 Å². The van der Waals surface area contributed by atoms with Gasteiger partial charge in [-0.1, -0.05) is 26.8 Å². The summed E-state index contributed by atoms with van der Waals surface area (Å²) < 4.78 is 1.70. The lowest BCUT2D eigenvalue weighted by atomic mass is 9.87. The van der Waals surface area contributed by atoms with E-state index >= 15 is 0 Å². The number of carbonyl (C=O) groups excluding carboxylic acids is 2. The van der Waals surface area contributed by atoms with Gasteiger partial charge in [0.05, 0.1) is 6.42 Å². The first-order valence-electron chi connectivity index (χ1n) is 5.23. The molecule has 92 valence electrons. The minimum absolute atomic E-state index is 0.0402. The van der Waals surface area contributed by atoms with Gasteiger partial charge in [0.25, 0.3) is 0 Å². The maximum atomic E-state index is 11.9. The Balaban J connectivity index is 2.84. The predicted octanol–water partition coefficient (Wildman–Crippen LogP) is 4.40. The SMILES string of the molecule is CC(C)(C)C(=O)CC(=O)c1ccc(Br)c(Br)c1. The lowest BCUT2D eigenvalue weighted by Crippen LogP contribution is -2.23. The Bertz CT molecular complexity index is 459. The Morgan fingerprint density at radius 2 is 1.71 bits per heavy atom. The summed E-state index contributed by atoms with van der Waals surface area (Å²) in [6, 6.07) is 5.23. The molecule has 17 heavy (non-hydrogen) atoms. The zero-order chi connectivity index (χ0) is 13.2. The molecule has 1 aromatic carbocycles. The smallest absolute Gasteiger partial charge is 0.170 e. The molecule has 4 heteroatoms. The van der Waals surface area contributed by atoms with Crippen molar-refractivity contribution in [2.75, 3.05) is 0 Å². The van der Waals surface area contributed by atoms with Gasteiger partial charge in [0.1, 0.15) is 5.78 Å². The Hall–Kier alpha value is -0.480. The predicted molar refractivity (Wildman–Crippen MR) is 75.3 cm³/mol. The summed E-state index contributed by atoms with van der Waals surface area (Å²) in [5, 5.41) is 0. The number of hydrogen-bond donors (Lipinski definition) is 0. The number of hydrogen-bond acceptors (Lipinski definition) is 2. The van der Waals surface area contributed by atoms with Gasteiger partial charge in [-0.15, -0.1) is 0 Å². The van der Waals surface area contributed by atoms with Crippen LogP contribution in [0.25, 0.3) is 0 Å². The first-order valence-corrected chi connectivity index (χ1v) is 6.82. The molecule has 0 aromatic heterocycles. The molecule has 0 aliphatic rings. The first kappa shape index (κ1) is 14.6. The molecular formula is C13H14Br2O2. The van der Waals surface area contributed by atoms with E-state index in [2.05, 4.69) is 31.9 Å². The second-order valence-electron chi connectivity index (χ2n) is 4.90.